The highest BCUT2D eigenvalue weighted by Gasteiger charge is 2.38. The van der Waals surface area contributed by atoms with E-state index < -0.39 is 9.84 Å². The van der Waals surface area contributed by atoms with Crippen LogP contribution in [0.3, 0.4) is 0 Å². The molecule has 10 heteroatoms. The second-order valence-corrected chi connectivity index (χ2v) is 11.5. The topological polar surface area (TPSA) is 89.3 Å². The first-order chi connectivity index (χ1) is 13.4. The van der Waals surface area contributed by atoms with Gasteiger partial charge >= 0.3 is 0 Å². The molecule has 1 saturated heterocycles. The van der Waals surface area contributed by atoms with Gasteiger partial charge in [-0.05, 0) is 30.7 Å². The van der Waals surface area contributed by atoms with Crippen molar-refractivity contribution in [3.63, 3.8) is 0 Å². The first-order valence-electron chi connectivity index (χ1n) is 9.44. The average molecular weight is 442 g/mol. The van der Waals surface area contributed by atoms with Gasteiger partial charge in [0, 0.05) is 19.1 Å². The van der Waals surface area contributed by atoms with Crippen molar-refractivity contribution in [1.29, 1.82) is 0 Å². The van der Waals surface area contributed by atoms with Crippen LogP contribution in [0.1, 0.15) is 32.1 Å². The minimum absolute atomic E-state index is 0.0560. The fourth-order valence-corrected chi connectivity index (χ4v) is 7.55. The molecule has 1 unspecified atom stereocenters. The highest BCUT2D eigenvalue weighted by molar-refractivity contribution is 7.99. The van der Waals surface area contributed by atoms with Crippen LogP contribution in [0.25, 0.3) is 10.2 Å². The quantitative estimate of drug-likeness (QED) is 0.521. The molecule has 4 rings (SSSR count). The van der Waals surface area contributed by atoms with Crippen LogP contribution >= 0.6 is 23.1 Å². The molecule has 2 aromatic rings. The molecule has 2 fully saturated rings. The molecule has 0 aromatic carbocycles. The summed E-state index contributed by atoms with van der Waals surface area (Å²) in [6.07, 6.45) is 4.54. The van der Waals surface area contributed by atoms with Crippen molar-refractivity contribution in [3.05, 3.63) is 21.8 Å². The van der Waals surface area contributed by atoms with Crippen LogP contribution in [0, 0.1) is 0 Å². The van der Waals surface area contributed by atoms with Gasteiger partial charge in [0.1, 0.15) is 4.83 Å². The summed E-state index contributed by atoms with van der Waals surface area (Å²) in [7, 11) is -1.39. The van der Waals surface area contributed by atoms with Gasteiger partial charge in [-0.1, -0.05) is 24.6 Å². The second kappa shape index (κ2) is 7.79. The van der Waals surface area contributed by atoms with Crippen LogP contribution in [0.4, 0.5) is 0 Å². The van der Waals surface area contributed by atoms with Gasteiger partial charge in [-0.25, -0.2) is 13.4 Å². The molecular weight excluding hydrogens is 418 g/mol. The summed E-state index contributed by atoms with van der Waals surface area (Å²) in [5.74, 6) is 0.327. The van der Waals surface area contributed by atoms with E-state index in [0.717, 1.165) is 25.7 Å². The van der Waals surface area contributed by atoms with E-state index in [9.17, 15) is 18.0 Å². The number of carbonyl (C=O) groups excluding carboxylic acids is 1. The Morgan fingerprint density at radius 1 is 1.32 bits per heavy atom. The number of rotatable bonds is 5. The number of carbonyl (C=O) groups is 1. The average Bonchev–Trinajstić information content (AvgIpc) is 3.39. The van der Waals surface area contributed by atoms with E-state index in [-0.39, 0.29) is 40.8 Å². The summed E-state index contributed by atoms with van der Waals surface area (Å²) in [5, 5.41) is 2.94. The van der Waals surface area contributed by atoms with Gasteiger partial charge in [-0.15, -0.1) is 11.3 Å². The molecule has 0 N–H and O–H groups in total. The molecule has 2 aliphatic rings. The standard InChI is InChI=1S/C18H23N3O4S3/c1-20-17(23)14-6-8-26-16(14)19-18(20)27-10-15(22)21(12-4-2-3-5-12)13-7-9-28(24,25)11-13/h6,8,12-13H,2-5,7,9-11H2,1H3. The lowest BCUT2D eigenvalue weighted by Gasteiger charge is -2.34. The molecule has 1 aliphatic heterocycles. The normalized spacial score (nSPS) is 22.1. The van der Waals surface area contributed by atoms with Gasteiger partial charge in [-0.3, -0.25) is 14.2 Å². The molecule has 7 nitrogen and oxygen atoms in total. The Labute approximate surface area is 172 Å². The fourth-order valence-electron chi connectivity index (χ4n) is 4.19. The molecule has 1 saturated carbocycles. The van der Waals surface area contributed by atoms with Crippen molar-refractivity contribution in [2.75, 3.05) is 17.3 Å². The summed E-state index contributed by atoms with van der Waals surface area (Å²) in [6.45, 7) is 0. The Kier molecular flexibility index (Phi) is 5.54. The number of nitrogens with zero attached hydrogens (tertiary/aromatic N) is 3. The summed E-state index contributed by atoms with van der Waals surface area (Å²) in [4.78, 5) is 32.6. The maximum atomic E-state index is 13.1. The molecule has 0 radical (unpaired) electrons. The fraction of sp³-hybridized carbons (Fsp3) is 0.611. The zero-order chi connectivity index (χ0) is 19.9. The zero-order valence-corrected chi connectivity index (χ0v) is 18.1. The number of hydrogen-bond acceptors (Lipinski definition) is 7. The lowest BCUT2D eigenvalue weighted by Crippen LogP contribution is -2.47. The third-order valence-corrected chi connectivity index (χ3v) is 9.17. The highest BCUT2D eigenvalue weighted by Crippen LogP contribution is 2.30. The summed E-state index contributed by atoms with van der Waals surface area (Å²) in [5.41, 5.74) is -0.115. The van der Waals surface area contributed by atoms with E-state index in [0.29, 0.717) is 21.8 Å². The Morgan fingerprint density at radius 3 is 2.75 bits per heavy atom. The minimum atomic E-state index is -3.06. The van der Waals surface area contributed by atoms with E-state index in [2.05, 4.69) is 4.98 Å². The largest absolute Gasteiger partial charge is 0.335 e. The molecular formula is C18H23N3O4S3. The first-order valence-corrected chi connectivity index (χ1v) is 13.1. The summed E-state index contributed by atoms with van der Waals surface area (Å²) < 4.78 is 25.4. The minimum Gasteiger partial charge on any atom is -0.335 e. The molecule has 0 spiro atoms. The van der Waals surface area contributed by atoms with E-state index in [1.807, 2.05) is 10.3 Å². The zero-order valence-electron chi connectivity index (χ0n) is 15.7. The van der Waals surface area contributed by atoms with Crippen molar-refractivity contribution in [2.24, 2.45) is 7.05 Å². The lowest BCUT2D eigenvalue weighted by molar-refractivity contribution is -0.132. The molecule has 152 valence electrons. The number of thioether (sulfide) groups is 1. The molecule has 1 atom stereocenters. The van der Waals surface area contributed by atoms with Crippen LogP contribution in [-0.4, -0.2) is 58.1 Å². The first kappa shape index (κ1) is 19.9. The van der Waals surface area contributed by atoms with Crippen molar-refractivity contribution in [3.8, 4) is 0 Å². The lowest BCUT2D eigenvalue weighted by atomic mass is 10.1. The smallest absolute Gasteiger partial charge is 0.262 e. The molecule has 0 bridgehead atoms. The SMILES string of the molecule is Cn1c(SCC(=O)N(C2CCCC2)C2CCS(=O)(=O)C2)nc2sccc2c1=O. The van der Waals surface area contributed by atoms with E-state index in [1.54, 1.807) is 13.1 Å². The van der Waals surface area contributed by atoms with Crippen molar-refractivity contribution < 1.29 is 13.2 Å². The van der Waals surface area contributed by atoms with Crippen molar-refractivity contribution in [2.45, 2.75) is 49.3 Å². The number of fused-ring (bicyclic) bond motifs is 1. The Hall–Kier alpha value is -1.39. The molecule has 2 aromatic heterocycles. The number of thiophene rings is 1. The second-order valence-electron chi connectivity index (χ2n) is 7.48. The molecule has 3 heterocycles. The predicted molar refractivity (Wildman–Crippen MR) is 112 cm³/mol. The van der Waals surface area contributed by atoms with Crippen LogP contribution in [0.15, 0.2) is 21.4 Å². The van der Waals surface area contributed by atoms with Gasteiger partial charge in [-0.2, -0.15) is 0 Å². The third kappa shape index (κ3) is 3.86. The number of aromatic nitrogens is 2. The highest BCUT2D eigenvalue weighted by atomic mass is 32.2. The van der Waals surface area contributed by atoms with Crippen LogP contribution in [-0.2, 0) is 21.7 Å². The Morgan fingerprint density at radius 2 is 2.07 bits per heavy atom. The Balaban J connectivity index is 1.53. The molecule has 28 heavy (non-hydrogen) atoms. The maximum absolute atomic E-state index is 13.1. The number of hydrogen-bond donors (Lipinski definition) is 0. The van der Waals surface area contributed by atoms with E-state index in [1.165, 1.54) is 27.7 Å². The van der Waals surface area contributed by atoms with Gasteiger partial charge in [0.15, 0.2) is 15.0 Å². The molecule has 1 amide bonds. The Bertz CT molecular complexity index is 1050. The van der Waals surface area contributed by atoms with Gasteiger partial charge in [0.2, 0.25) is 5.91 Å². The van der Waals surface area contributed by atoms with Crippen molar-refractivity contribution in [1.82, 2.24) is 14.5 Å². The van der Waals surface area contributed by atoms with Crippen LogP contribution < -0.4 is 5.56 Å². The molecule has 1 aliphatic carbocycles. The van der Waals surface area contributed by atoms with Crippen LogP contribution in [0.5, 0.6) is 0 Å². The van der Waals surface area contributed by atoms with Gasteiger partial charge in [0.25, 0.3) is 5.56 Å². The monoisotopic (exact) mass is 441 g/mol. The van der Waals surface area contributed by atoms with Gasteiger partial charge in [0.05, 0.1) is 22.6 Å². The van der Waals surface area contributed by atoms with Gasteiger partial charge < -0.3 is 4.90 Å². The summed E-state index contributed by atoms with van der Waals surface area (Å²) >= 11 is 2.66. The number of amides is 1. The maximum Gasteiger partial charge on any atom is 0.262 e. The summed E-state index contributed by atoms with van der Waals surface area (Å²) in [6, 6.07) is 1.66. The van der Waals surface area contributed by atoms with Crippen LogP contribution in [0.2, 0.25) is 0 Å². The predicted octanol–water partition coefficient (Wildman–Crippen LogP) is 2.05. The van der Waals surface area contributed by atoms with E-state index >= 15 is 0 Å². The third-order valence-electron chi connectivity index (χ3n) is 5.60. The van der Waals surface area contributed by atoms with Crippen molar-refractivity contribution >= 4 is 49.1 Å². The van der Waals surface area contributed by atoms with E-state index in [4.69, 9.17) is 0 Å². The number of sulfone groups is 1.